The van der Waals surface area contributed by atoms with Crippen LogP contribution in [0.2, 0.25) is 0 Å². The summed E-state index contributed by atoms with van der Waals surface area (Å²) in [5.74, 6) is 0.151. The molecule has 0 bridgehead atoms. The van der Waals surface area contributed by atoms with E-state index in [0.717, 1.165) is 22.8 Å². The summed E-state index contributed by atoms with van der Waals surface area (Å²) in [5, 5.41) is 2.87. The number of carbonyl (C=O) groups is 1. The molecule has 1 aliphatic rings. The molecule has 1 amide bonds. The highest BCUT2D eigenvalue weighted by Gasteiger charge is 2.13. The number of benzene rings is 1. The molecular formula is C10H11NOS. The van der Waals surface area contributed by atoms with Crippen LogP contribution in [-0.2, 0) is 4.79 Å². The van der Waals surface area contributed by atoms with Crippen molar-refractivity contribution in [2.24, 2.45) is 0 Å². The fourth-order valence-electron chi connectivity index (χ4n) is 1.26. The normalized spacial score (nSPS) is 19.7. The van der Waals surface area contributed by atoms with Crippen molar-refractivity contribution in [1.29, 1.82) is 0 Å². The zero-order chi connectivity index (χ0) is 9.10. The highest BCUT2D eigenvalue weighted by Crippen LogP contribution is 2.14. The molecule has 0 aliphatic carbocycles. The first kappa shape index (κ1) is 8.51. The topological polar surface area (TPSA) is 29.1 Å². The Bertz CT molecular complexity index is 345. The monoisotopic (exact) mass is 193 g/mol. The molecule has 0 spiro atoms. The second kappa shape index (κ2) is 3.75. The lowest BCUT2D eigenvalue weighted by atomic mass is 10.4. The van der Waals surface area contributed by atoms with Crippen LogP contribution < -0.4 is 5.32 Å². The average molecular weight is 193 g/mol. The molecule has 0 radical (unpaired) electrons. The molecule has 1 aromatic rings. The summed E-state index contributed by atoms with van der Waals surface area (Å²) in [6.45, 7) is 0. The van der Waals surface area contributed by atoms with E-state index in [4.69, 9.17) is 0 Å². The molecule has 1 N–H and O–H groups in total. The number of nitrogens with one attached hydrogen (secondary N) is 1. The van der Waals surface area contributed by atoms with Crippen LogP contribution in [-0.4, -0.2) is 10.9 Å². The third-order valence-corrected chi connectivity index (χ3v) is 3.05. The molecule has 0 atom stereocenters. The number of rotatable bonds is 1. The minimum atomic E-state index is 0.151. The van der Waals surface area contributed by atoms with Crippen molar-refractivity contribution >= 4 is 22.2 Å². The van der Waals surface area contributed by atoms with Gasteiger partial charge in [-0.2, -0.15) is 0 Å². The van der Waals surface area contributed by atoms with Gasteiger partial charge in [-0.3, -0.25) is 4.79 Å². The van der Waals surface area contributed by atoms with Crippen LogP contribution in [0.25, 0.3) is 0 Å². The second-order valence-corrected chi connectivity index (χ2v) is 4.22. The molecule has 2 rings (SSSR count). The molecular weight excluding hydrogens is 182 g/mol. The van der Waals surface area contributed by atoms with Gasteiger partial charge in [0.1, 0.15) is 0 Å². The first-order chi connectivity index (χ1) is 6.34. The number of thiol groups is 1. The molecule has 0 aromatic heterocycles. The largest absolute Gasteiger partial charge is 0.325 e. The molecule has 1 aliphatic heterocycles. The Balaban J connectivity index is 2.17. The third kappa shape index (κ3) is 2.18. The van der Waals surface area contributed by atoms with E-state index in [-0.39, 0.29) is 5.91 Å². The summed E-state index contributed by atoms with van der Waals surface area (Å²) >= 11 is 1.13. The minimum absolute atomic E-state index is 0.151. The number of hydrogen-bond acceptors (Lipinski definition) is 1. The third-order valence-electron chi connectivity index (χ3n) is 1.89. The quantitative estimate of drug-likeness (QED) is 0.514. The SMILES string of the molecule is O=C1CCC(=[SH]c2ccccc2)N1. The van der Waals surface area contributed by atoms with Crippen LogP contribution >= 0.6 is 11.4 Å². The average Bonchev–Trinajstić information content (AvgIpc) is 2.53. The summed E-state index contributed by atoms with van der Waals surface area (Å²) in [7, 11) is 0. The van der Waals surface area contributed by atoms with E-state index in [0.29, 0.717) is 6.42 Å². The van der Waals surface area contributed by atoms with Crippen molar-refractivity contribution in [3.8, 4) is 0 Å². The number of amides is 1. The van der Waals surface area contributed by atoms with Gasteiger partial charge in [0.15, 0.2) is 0 Å². The lowest BCUT2D eigenvalue weighted by molar-refractivity contribution is -0.118. The fraction of sp³-hybridized carbons (Fsp3) is 0.200. The highest BCUT2D eigenvalue weighted by molar-refractivity contribution is 7.98. The van der Waals surface area contributed by atoms with Gasteiger partial charge in [0.05, 0.1) is 0 Å². The smallest absolute Gasteiger partial charge is 0.224 e. The van der Waals surface area contributed by atoms with E-state index < -0.39 is 0 Å². The molecule has 68 valence electrons. The summed E-state index contributed by atoms with van der Waals surface area (Å²) in [4.78, 5) is 13.3. The molecule has 3 heteroatoms. The molecule has 13 heavy (non-hydrogen) atoms. The van der Waals surface area contributed by atoms with E-state index in [9.17, 15) is 4.79 Å². The van der Waals surface area contributed by atoms with E-state index >= 15 is 0 Å². The summed E-state index contributed by atoms with van der Waals surface area (Å²) < 4.78 is 0. The van der Waals surface area contributed by atoms with Gasteiger partial charge in [-0.1, -0.05) is 18.2 Å². The van der Waals surface area contributed by atoms with Crippen molar-refractivity contribution in [3.63, 3.8) is 0 Å². The van der Waals surface area contributed by atoms with Crippen LogP contribution in [0.4, 0.5) is 0 Å². The lowest BCUT2D eigenvalue weighted by Gasteiger charge is -1.97. The van der Waals surface area contributed by atoms with Gasteiger partial charge in [0.25, 0.3) is 0 Å². The Morgan fingerprint density at radius 3 is 2.54 bits per heavy atom. The van der Waals surface area contributed by atoms with Gasteiger partial charge in [-0.15, -0.1) is 11.4 Å². The standard InChI is InChI=1S/C10H11NOS/c12-9-6-7-10(11-9)13-8-4-2-1-3-5-8/h1-5,13H,6-7H2,(H,11,12). The van der Waals surface area contributed by atoms with E-state index in [1.54, 1.807) is 0 Å². The molecule has 1 fully saturated rings. The van der Waals surface area contributed by atoms with Gasteiger partial charge in [0.2, 0.25) is 5.91 Å². The van der Waals surface area contributed by atoms with E-state index in [1.165, 1.54) is 4.90 Å². The van der Waals surface area contributed by atoms with Crippen molar-refractivity contribution in [1.82, 2.24) is 5.32 Å². The Labute approximate surface area is 80.9 Å². The zero-order valence-corrected chi connectivity index (χ0v) is 8.05. The van der Waals surface area contributed by atoms with Gasteiger partial charge < -0.3 is 5.32 Å². The summed E-state index contributed by atoms with van der Waals surface area (Å²) in [5.41, 5.74) is 0. The van der Waals surface area contributed by atoms with Gasteiger partial charge in [-0.05, 0) is 12.1 Å². The van der Waals surface area contributed by atoms with E-state index in [2.05, 4.69) is 17.4 Å². The van der Waals surface area contributed by atoms with Crippen molar-refractivity contribution in [3.05, 3.63) is 30.3 Å². The summed E-state index contributed by atoms with van der Waals surface area (Å²) in [6.07, 6.45) is 1.53. The van der Waals surface area contributed by atoms with Crippen LogP contribution in [0, 0.1) is 0 Å². The van der Waals surface area contributed by atoms with Crippen LogP contribution in [0.1, 0.15) is 12.8 Å². The number of carbonyl (C=O) groups excluding carboxylic acids is 1. The first-order valence-electron chi connectivity index (χ1n) is 4.27. The zero-order valence-electron chi connectivity index (χ0n) is 7.16. The van der Waals surface area contributed by atoms with E-state index in [1.807, 2.05) is 18.2 Å². The number of hydrogen-bond donors (Lipinski definition) is 2. The maximum absolute atomic E-state index is 10.9. The van der Waals surface area contributed by atoms with Crippen LogP contribution in [0.15, 0.2) is 35.2 Å². The fourth-order valence-corrected chi connectivity index (χ4v) is 2.30. The van der Waals surface area contributed by atoms with Gasteiger partial charge >= 0.3 is 0 Å². The predicted molar refractivity (Wildman–Crippen MR) is 56.1 cm³/mol. The Hall–Kier alpha value is -1.09. The lowest BCUT2D eigenvalue weighted by Crippen LogP contribution is -2.18. The molecule has 1 aromatic carbocycles. The summed E-state index contributed by atoms with van der Waals surface area (Å²) in [6, 6.07) is 10.2. The van der Waals surface area contributed by atoms with Crippen molar-refractivity contribution in [2.75, 3.05) is 0 Å². The van der Waals surface area contributed by atoms with Gasteiger partial charge in [-0.25, -0.2) is 0 Å². The minimum Gasteiger partial charge on any atom is -0.325 e. The molecule has 1 heterocycles. The molecule has 2 nitrogen and oxygen atoms in total. The van der Waals surface area contributed by atoms with Gasteiger partial charge in [0, 0.05) is 22.7 Å². The predicted octanol–water partition coefficient (Wildman–Crippen LogP) is 1.55. The molecule has 0 saturated carbocycles. The van der Waals surface area contributed by atoms with Crippen molar-refractivity contribution in [2.45, 2.75) is 17.7 Å². The Kier molecular flexibility index (Phi) is 2.45. The van der Waals surface area contributed by atoms with Crippen LogP contribution in [0.5, 0.6) is 0 Å². The Morgan fingerprint density at radius 2 is 1.92 bits per heavy atom. The highest BCUT2D eigenvalue weighted by atomic mass is 32.1. The molecule has 0 unspecified atom stereocenters. The van der Waals surface area contributed by atoms with Crippen LogP contribution in [0.3, 0.4) is 0 Å². The first-order valence-corrected chi connectivity index (χ1v) is 5.16. The Morgan fingerprint density at radius 1 is 1.15 bits per heavy atom. The maximum atomic E-state index is 10.9. The maximum Gasteiger partial charge on any atom is 0.224 e. The second-order valence-electron chi connectivity index (χ2n) is 2.94. The molecule has 1 saturated heterocycles. The van der Waals surface area contributed by atoms with Crippen molar-refractivity contribution < 1.29 is 4.79 Å².